The Kier molecular flexibility index (Phi) is 4.01. The van der Waals surface area contributed by atoms with Crippen LogP contribution in [0.3, 0.4) is 0 Å². The minimum atomic E-state index is -0.362. The van der Waals surface area contributed by atoms with Crippen LogP contribution in [0, 0.1) is 10.1 Å². The summed E-state index contributed by atoms with van der Waals surface area (Å²) in [6.07, 6.45) is 3.55. The molecule has 0 amide bonds. The second-order valence-corrected chi connectivity index (χ2v) is 5.03. The van der Waals surface area contributed by atoms with Gasteiger partial charge in [-0.15, -0.1) is 0 Å². The van der Waals surface area contributed by atoms with E-state index in [4.69, 9.17) is 0 Å². The van der Waals surface area contributed by atoms with Crippen LogP contribution in [-0.2, 0) is 6.54 Å². The lowest BCUT2D eigenvalue weighted by Gasteiger charge is -2.12. The molecule has 0 bridgehead atoms. The first kappa shape index (κ1) is 12.7. The van der Waals surface area contributed by atoms with Gasteiger partial charge in [0.25, 0.3) is 0 Å². The summed E-state index contributed by atoms with van der Waals surface area (Å²) >= 11 is 1.20. The predicted molar refractivity (Wildman–Crippen MR) is 70.5 cm³/mol. The van der Waals surface area contributed by atoms with Crippen molar-refractivity contribution in [3.8, 4) is 0 Å². The molecular formula is C12H13N3O2S. The van der Waals surface area contributed by atoms with Crippen molar-refractivity contribution in [1.29, 1.82) is 0 Å². The third-order valence-electron chi connectivity index (χ3n) is 2.59. The van der Waals surface area contributed by atoms with E-state index in [2.05, 4.69) is 10.3 Å². The predicted octanol–water partition coefficient (Wildman–Crippen LogP) is 2.90. The molecule has 0 aromatic carbocycles. The van der Waals surface area contributed by atoms with Crippen LogP contribution in [0.25, 0.3) is 0 Å². The third kappa shape index (κ3) is 3.12. The lowest BCUT2D eigenvalue weighted by Crippen LogP contribution is -2.17. The Bertz CT molecular complexity index is 527. The lowest BCUT2D eigenvalue weighted by molar-refractivity contribution is -0.380. The van der Waals surface area contributed by atoms with E-state index in [0.717, 1.165) is 10.4 Å². The zero-order valence-electron chi connectivity index (χ0n) is 9.87. The van der Waals surface area contributed by atoms with Crippen molar-refractivity contribution in [3.05, 3.63) is 57.2 Å². The quantitative estimate of drug-likeness (QED) is 0.665. The molecule has 2 aromatic heterocycles. The maximum atomic E-state index is 10.6. The molecule has 0 aliphatic heterocycles. The highest BCUT2D eigenvalue weighted by Crippen LogP contribution is 2.24. The number of hydrogen-bond acceptors (Lipinski definition) is 5. The molecule has 94 valence electrons. The number of pyridine rings is 1. The van der Waals surface area contributed by atoms with Crippen molar-refractivity contribution in [3.63, 3.8) is 0 Å². The zero-order chi connectivity index (χ0) is 13.0. The highest BCUT2D eigenvalue weighted by Gasteiger charge is 2.10. The van der Waals surface area contributed by atoms with Gasteiger partial charge in [0.05, 0.1) is 4.92 Å². The van der Waals surface area contributed by atoms with Gasteiger partial charge in [0, 0.05) is 35.9 Å². The van der Waals surface area contributed by atoms with Gasteiger partial charge in [-0.25, -0.2) is 0 Å². The molecular weight excluding hydrogens is 250 g/mol. The van der Waals surface area contributed by atoms with E-state index in [-0.39, 0.29) is 16.0 Å². The van der Waals surface area contributed by atoms with E-state index in [1.165, 1.54) is 17.4 Å². The molecule has 2 rings (SSSR count). The average molecular weight is 263 g/mol. The van der Waals surface area contributed by atoms with Gasteiger partial charge in [0.1, 0.15) is 0 Å². The van der Waals surface area contributed by atoms with E-state index in [1.54, 1.807) is 12.3 Å². The van der Waals surface area contributed by atoms with Gasteiger partial charge in [-0.05, 0) is 24.6 Å². The number of rotatable bonds is 5. The van der Waals surface area contributed by atoms with Gasteiger partial charge < -0.3 is 5.32 Å². The van der Waals surface area contributed by atoms with Crippen LogP contribution in [0.1, 0.15) is 23.4 Å². The zero-order valence-corrected chi connectivity index (χ0v) is 10.7. The van der Waals surface area contributed by atoms with Crippen LogP contribution in [0.15, 0.2) is 36.7 Å². The fourth-order valence-electron chi connectivity index (χ4n) is 1.56. The van der Waals surface area contributed by atoms with Gasteiger partial charge in [-0.2, -0.15) is 0 Å². The number of nitro groups is 1. The Morgan fingerprint density at radius 2 is 2.33 bits per heavy atom. The van der Waals surface area contributed by atoms with E-state index < -0.39 is 0 Å². The van der Waals surface area contributed by atoms with Crippen molar-refractivity contribution in [2.24, 2.45) is 0 Å². The first-order valence-electron chi connectivity index (χ1n) is 5.53. The summed E-state index contributed by atoms with van der Waals surface area (Å²) < 4.78 is 0. The molecule has 0 spiro atoms. The smallest absolute Gasteiger partial charge is 0.305 e. The van der Waals surface area contributed by atoms with Gasteiger partial charge in [-0.1, -0.05) is 17.4 Å². The normalized spacial score (nSPS) is 12.3. The molecule has 0 fully saturated rings. The van der Waals surface area contributed by atoms with Gasteiger partial charge in [0.2, 0.25) is 0 Å². The van der Waals surface area contributed by atoms with E-state index in [0.29, 0.717) is 6.54 Å². The van der Waals surface area contributed by atoms with Crippen LogP contribution < -0.4 is 5.32 Å². The SMILES string of the molecule is CC(NCc1ccc([N+](=O)[O-])s1)c1cccnc1. The van der Waals surface area contributed by atoms with Crippen molar-refractivity contribution in [2.75, 3.05) is 0 Å². The molecule has 0 aliphatic rings. The second kappa shape index (κ2) is 5.70. The monoisotopic (exact) mass is 263 g/mol. The van der Waals surface area contributed by atoms with Crippen molar-refractivity contribution in [2.45, 2.75) is 19.5 Å². The maximum absolute atomic E-state index is 10.6. The number of aromatic nitrogens is 1. The van der Waals surface area contributed by atoms with Crippen LogP contribution in [0.2, 0.25) is 0 Å². The minimum absolute atomic E-state index is 0.167. The second-order valence-electron chi connectivity index (χ2n) is 3.89. The van der Waals surface area contributed by atoms with Crippen LogP contribution in [-0.4, -0.2) is 9.91 Å². The molecule has 1 unspecified atom stereocenters. The fraction of sp³-hybridized carbons (Fsp3) is 0.250. The van der Waals surface area contributed by atoms with Crippen molar-refractivity contribution in [1.82, 2.24) is 10.3 Å². The number of nitrogens with one attached hydrogen (secondary N) is 1. The molecule has 0 aliphatic carbocycles. The third-order valence-corrected chi connectivity index (χ3v) is 3.63. The lowest BCUT2D eigenvalue weighted by atomic mass is 10.1. The molecule has 2 heterocycles. The largest absolute Gasteiger partial charge is 0.324 e. The van der Waals surface area contributed by atoms with E-state index >= 15 is 0 Å². The Labute approximate surface area is 109 Å². The number of thiophene rings is 1. The van der Waals surface area contributed by atoms with E-state index in [1.807, 2.05) is 25.3 Å². The average Bonchev–Trinajstić information content (AvgIpc) is 2.86. The number of nitrogens with zero attached hydrogens (tertiary/aromatic N) is 2. The Morgan fingerprint density at radius 3 is 2.94 bits per heavy atom. The summed E-state index contributed by atoms with van der Waals surface area (Å²) in [5, 5.41) is 14.1. The van der Waals surface area contributed by atoms with Crippen LogP contribution >= 0.6 is 11.3 Å². The molecule has 0 saturated carbocycles. The molecule has 0 radical (unpaired) electrons. The number of hydrogen-bond donors (Lipinski definition) is 1. The summed E-state index contributed by atoms with van der Waals surface area (Å²) in [6, 6.07) is 7.38. The summed E-state index contributed by atoms with van der Waals surface area (Å²) in [6.45, 7) is 2.66. The summed E-state index contributed by atoms with van der Waals surface area (Å²) in [4.78, 5) is 15.2. The maximum Gasteiger partial charge on any atom is 0.324 e. The minimum Gasteiger partial charge on any atom is -0.305 e. The van der Waals surface area contributed by atoms with Crippen LogP contribution in [0.4, 0.5) is 5.00 Å². The standard InChI is InChI=1S/C12H13N3O2S/c1-9(10-3-2-6-13-7-10)14-8-11-4-5-12(18-11)15(16)17/h2-7,9,14H,8H2,1H3. The molecule has 18 heavy (non-hydrogen) atoms. The van der Waals surface area contributed by atoms with Gasteiger partial charge >= 0.3 is 5.00 Å². The Morgan fingerprint density at radius 1 is 1.50 bits per heavy atom. The van der Waals surface area contributed by atoms with Crippen LogP contribution in [0.5, 0.6) is 0 Å². The molecule has 0 saturated heterocycles. The topological polar surface area (TPSA) is 68.1 Å². The Balaban J connectivity index is 1.93. The summed E-state index contributed by atoms with van der Waals surface area (Å²) in [5.74, 6) is 0. The highest BCUT2D eigenvalue weighted by molar-refractivity contribution is 7.15. The van der Waals surface area contributed by atoms with E-state index in [9.17, 15) is 10.1 Å². The summed E-state index contributed by atoms with van der Waals surface area (Å²) in [5.41, 5.74) is 1.10. The molecule has 6 heteroatoms. The first-order valence-corrected chi connectivity index (χ1v) is 6.35. The van der Waals surface area contributed by atoms with Crippen molar-refractivity contribution >= 4 is 16.3 Å². The summed E-state index contributed by atoms with van der Waals surface area (Å²) in [7, 11) is 0. The van der Waals surface area contributed by atoms with Crippen molar-refractivity contribution < 1.29 is 4.92 Å². The molecule has 5 nitrogen and oxygen atoms in total. The Hall–Kier alpha value is -1.79. The molecule has 1 N–H and O–H groups in total. The first-order chi connectivity index (χ1) is 8.66. The fourth-order valence-corrected chi connectivity index (χ4v) is 2.33. The molecule has 2 aromatic rings. The van der Waals surface area contributed by atoms with Gasteiger partial charge in [-0.3, -0.25) is 15.1 Å². The molecule has 1 atom stereocenters. The van der Waals surface area contributed by atoms with Gasteiger partial charge in [0.15, 0.2) is 0 Å². The highest BCUT2D eigenvalue weighted by atomic mass is 32.1.